The van der Waals surface area contributed by atoms with E-state index in [0.29, 0.717) is 18.0 Å². The number of ether oxygens (including phenoxy) is 2. The summed E-state index contributed by atoms with van der Waals surface area (Å²) in [7, 11) is 3.21. The number of nitrogens with one attached hydrogen (secondary N) is 1. The fraction of sp³-hybridized carbons (Fsp3) is 0.200. The zero-order chi connectivity index (χ0) is 18.4. The number of aromatic nitrogens is 2. The van der Waals surface area contributed by atoms with Crippen LogP contribution < -0.4 is 14.8 Å². The summed E-state index contributed by atoms with van der Waals surface area (Å²) in [6.45, 7) is 0.323. The van der Waals surface area contributed by atoms with E-state index in [-0.39, 0.29) is 5.91 Å². The molecule has 0 fully saturated rings. The Morgan fingerprint density at radius 2 is 1.92 bits per heavy atom. The minimum Gasteiger partial charge on any atom is -0.497 e. The zero-order valence-electron chi connectivity index (χ0n) is 14.8. The largest absolute Gasteiger partial charge is 0.497 e. The number of carbonyl (C=O) groups is 1. The van der Waals surface area contributed by atoms with Gasteiger partial charge in [0.2, 0.25) is 5.91 Å². The molecule has 1 amide bonds. The quantitative estimate of drug-likeness (QED) is 0.711. The van der Waals surface area contributed by atoms with E-state index < -0.39 is 6.04 Å². The Bertz CT molecular complexity index is 848. The first-order valence-electron chi connectivity index (χ1n) is 8.25. The van der Waals surface area contributed by atoms with Gasteiger partial charge in [0.15, 0.2) is 6.04 Å². The molecule has 6 nitrogen and oxygen atoms in total. The number of methoxy groups -OCH3 is 2. The van der Waals surface area contributed by atoms with Gasteiger partial charge >= 0.3 is 0 Å². The standard InChI is InChI=1S/C20H21N3O3/c1-25-17-9-10-18(26-2)16(13-17)14-21-20(24)19(23-12-6-11-22-23)15-7-4-3-5-8-15/h3-13,19H,14H2,1-2H3,(H,21,24). The molecule has 3 aromatic rings. The average Bonchev–Trinajstić information content (AvgIpc) is 3.21. The maximum atomic E-state index is 12.9. The van der Waals surface area contributed by atoms with Crippen molar-refractivity contribution in [1.82, 2.24) is 15.1 Å². The molecule has 1 atom stereocenters. The van der Waals surface area contributed by atoms with Crippen molar-refractivity contribution in [3.05, 3.63) is 78.1 Å². The fourth-order valence-corrected chi connectivity index (χ4v) is 2.79. The van der Waals surface area contributed by atoms with Gasteiger partial charge in [-0.15, -0.1) is 0 Å². The van der Waals surface area contributed by atoms with Crippen LogP contribution in [-0.2, 0) is 11.3 Å². The van der Waals surface area contributed by atoms with Crippen molar-refractivity contribution < 1.29 is 14.3 Å². The fourth-order valence-electron chi connectivity index (χ4n) is 2.79. The molecule has 0 aliphatic rings. The lowest BCUT2D eigenvalue weighted by molar-refractivity contribution is -0.123. The highest BCUT2D eigenvalue weighted by Gasteiger charge is 2.23. The lowest BCUT2D eigenvalue weighted by atomic mass is 10.1. The van der Waals surface area contributed by atoms with Gasteiger partial charge in [-0.05, 0) is 29.8 Å². The second-order valence-corrected chi connectivity index (χ2v) is 5.69. The molecule has 0 bridgehead atoms. The van der Waals surface area contributed by atoms with E-state index in [1.54, 1.807) is 37.4 Å². The Hall–Kier alpha value is -3.28. The Morgan fingerprint density at radius 3 is 2.58 bits per heavy atom. The molecular formula is C20H21N3O3. The molecule has 2 aromatic carbocycles. The van der Waals surface area contributed by atoms with E-state index in [4.69, 9.17) is 9.47 Å². The van der Waals surface area contributed by atoms with Crippen LogP contribution in [0.4, 0.5) is 0 Å². The summed E-state index contributed by atoms with van der Waals surface area (Å²) in [5.41, 5.74) is 1.71. The van der Waals surface area contributed by atoms with Crippen LogP contribution in [0.25, 0.3) is 0 Å². The molecule has 0 aliphatic heterocycles. The predicted octanol–water partition coefficient (Wildman–Crippen LogP) is 2.81. The van der Waals surface area contributed by atoms with Crippen LogP contribution in [0.2, 0.25) is 0 Å². The number of amides is 1. The van der Waals surface area contributed by atoms with Crippen molar-refractivity contribution in [2.75, 3.05) is 14.2 Å². The third-order valence-electron chi connectivity index (χ3n) is 4.09. The van der Waals surface area contributed by atoms with Crippen LogP contribution in [0.1, 0.15) is 17.2 Å². The van der Waals surface area contributed by atoms with Crippen LogP contribution in [0.15, 0.2) is 67.0 Å². The molecule has 1 aromatic heterocycles. The highest BCUT2D eigenvalue weighted by molar-refractivity contribution is 5.83. The minimum atomic E-state index is -0.539. The molecule has 3 rings (SSSR count). The summed E-state index contributed by atoms with van der Waals surface area (Å²) >= 11 is 0. The van der Waals surface area contributed by atoms with Crippen molar-refractivity contribution in [1.29, 1.82) is 0 Å². The van der Waals surface area contributed by atoms with E-state index in [1.165, 1.54) is 0 Å². The van der Waals surface area contributed by atoms with Gasteiger partial charge in [-0.1, -0.05) is 30.3 Å². The summed E-state index contributed by atoms with van der Waals surface area (Å²) in [6, 6.07) is 16.3. The normalized spacial score (nSPS) is 11.6. The predicted molar refractivity (Wildman–Crippen MR) is 98.2 cm³/mol. The zero-order valence-corrected chi connectivity index (χ0v) is 14.8. The second-order valence-electron chi connectivity index (χ2n) is 5.69. The summed E-state index contributed by atoms with van der Waals surface area (Å²) in [5, 5.41) is 7.22. The van der Waals surface area contributed by atoms with Crippen molar-refractivity contribution in [2.24, 2.45) is 0 Å². The summed E-state index contributed by atoms with van der Waals surface area (Å²) < 4.78 is 12.3. The molecule has 1 heterocycles. The monoisotopic (exact) mass is 351 g/mol. The molecule has 0 aliphatic carbocycles. The highest BCUT2D eigenvalue weighted by atomic mass is 16.5. The molecule has 0 radical (unpaired) electrons. The summed E-state index contributed by atoms with van der Waals surface area (Å²) in [4.78, 5) is 12.9. The van der Waals surface area contributed by atoms with Crippen molar-refractivity contribution in [2.45, 2.75) is 12.6 Å². The Kier molecular flexibility index (Phi) is 5.53. The third kappa shape index (κ3) is 3.85. The highest BCUT2D eigenvalue weighted by Crippen LogP contribution is 2.24. The van der Waals surface area contributed by atoms with Crippen LogP contribution in [0.3, 0.4) is 0 Å². The van der Waals surface area contributed by atoms with Crippen molar-refractivity contribution in [3.8, 4) is 11.5 Å². The smallest absolute Gasteiger partial charge is 0.249 e. The van der Waals surface area contributed by atoms with Gasteiger partial charge in [0.1, 0.15) is 11.5 Å². The number of carbonyl (C=O) groups excluding carboxylic acids is 1. The van der Waals surface area contributed by atoms with Gasteiger partial charge < -0.3 is 14.8 Å². The van der Waals surface area contributed by atoms with E-state index in [2.05, 4.69) is 10.4 Å². The maximum Gasteiger partial charge on any atom is 0.249 e. The molecule has 1 N–H and O–H groups in total. The van der Waals surface area contributed by atoms with Gasteiger partial charge in [-0.3, -0.25) is 9.48 Å². The number of nitrogens with zero attached hydrogens (tertiary/aromatic N) is 2. The van der Waals surface area contributed by atoms with E-state index in [9.17, 15) is 4.79 Å². The molecule has 26 heavy (non-hydrogen) atoms. The van der Waals surface area contributed by atoms with E-state index >= 15 is 0 Å². The molecule has 0 saturated heterocycles. The summed E-state index contributed by atoms with van der Waals surface area (Å²) in [6.07, 6.45) is 3.44. The number of hydrogen-bond donors (Lipinski definition) is 1. The lowest BCUT2D eigenvalue weighted by Gasteiger charge is -2.18. The van der Waals surface area contributed by atoms with Gasteiger partial charge in [0.05, 0.1) is 14.2 Å². The number of benzene rings is 2. The van der Waals surface area contributed by atoms with Gasteiger partial charge in [-0.25, -0.2) is 0 Å². The molecular weight excluding hydrogens is 330 g/mol. The van der Waals surface area contributed by atoms with Gasteiger partial charge in [0, 0.05) is 24.5 Å². The summed E-state index contributed by atoms with van der Waals surface area (Å²) in [5.74, 6) is 1.26. The van der Waals surface area contributed by atoms with Crippen LogP contribution >= 0.6 is 0 Å². The van der Waals surface area contributed by atoms with E-state index in [1.807, 2.05) is 48.5 Å². The molecule has 0 spiro atoms. The molecule has 1 unspecified atom stereocenters. The van der Waals surface area contributed by atoms with E-state index in [0.717, 1.165) is 11.1 Å². The van der Waals surface area contributed by atoms with Gasteiger partial charge in [-0.2, -0.15) is 5.10 Å². The lowest BCUT2D eigenvalue weighted by Crippen LogP contribution is -2.33. The molecule has 6 heteroatoms. The Morgan fingerprint density at radius 1 is 1.12 bits per heavy atom. The van der Waals surface area contributed by atoms with Crippen LogP contribution in [0.5, 0.6) is 11.5 Å². The second kappa shape index (κ2) is 8.20. The van der Waals surface area contributed by atoms with Crippen molar-refractivity contribution >= 4 is 5.91 Å². The molecule has 0 saturated carbocycles. The Balaban J connectivity index is 1.81. The average molecular weight is 351 g/mol. The first-order chi connectivity index (χ1) is 12.7. The van der Waals surface area contributed by atoms with Crippen LogP contribution in [-0.4, -0.2) is 29.9 Å². The topological polar surface area (TPSA) is 65.4 Å². The third-order valence-corrected chi connectivity index (χ3v) is 4.09. The Labute approximate surface area is 152 Å². The first kappa shape index (κ1) is 17.5. The minimum absolute atomic E-state index is 0.148. The van der Waals surface area contributed by atoms with Crippen LogP contribution in [0, 0.1) is 0 Å². The number of hydrogen-bond acceptors (Lipinski definition) is 4. The maximum absolute atomic E-state index is 12.9. The SMILES string of the molecule is COc1ccc(OC)c(CNC(=O)C(c2ccccc2)n2cccn2)c1. The first-order valence-corrected chi connectivity index (χ1v) is 8.25. The number of rotatable bonds is 7. The van der Waals surface area contributed by atoms with Crippen molar-refractivity contribution in [3.63, 3.8) is 0 Å². The van der Waals surface area contributed by atoms with Gasteiger partial charge in [0.25, 0.3) is 0 Å². The molecule has 134 valence electrons.